The van der Waals surface area contributed by atoms with Crippen LogP contribution in [0.15, 0.2) is 42.5 Å². The van der Waals surface area contributed by atoms with Crippen molar-refractivity contribution in [3.8, 4) is 0 Å². The summed E-state index contributed by atoms with van der Waals surface area (Å²) in [6, 6.07) is 12.7. The minimum atomic E-state index is -0.471. The van der Waals surface area contributed by atoms with Gasteiger partial charge in [-0.15, -0.1) is 0 Å². The van der Waals surface area contributed by atoms with E-state index in [1.54, 1.807) is 18.2 Å². The van der Waals surface area contributed by atoms with E-state index in [0.717, 1.165) is 11.1 Å². The number of nitrogens with two attached hydrogens (primary N) is 1. The fourth-order valence-electron chi connectivity index (χ4n) is 1.74. The molecule has 0 amide bonds. The highest BCUT2D eigenvalue weighted by atomic mass is 35.5. The Hall–Kier alpha value is -2.00. The molecule has 19 heavy (non-hydrogen) atoms. The van der Waals surface area contributed by atoms with Crippen molar-refractivity contribution in [1.29, 1.82) is 0 Å². The average Bonchev–Trinajstić information content (AvgIpc) is 2.39. The lowest BCUT2D eigenvalue weighted by atomic mass is 10.1. The number of esters is 1. The molecule has 0 bridgehead atoms. The molecule has 2 rings (SSSR count). The van der Waals surface area contributed by atoms with Gasteiger partial charge in [0.15, 0.2) is 0 Å². The molecule has 0 radical (unpaired) electrons. The van der Waals surface area contributed by atoms with E-state index in [4.69, 9.17) is 22.1 Å². The van der Waals surface area contributed by atoms with Gasteiger partial charge in [0, 0.05) is 0 Å². The van der Waals surface area contributed by atoms with E-state index in [9.17, 15) is 4.79 Å². The van der Waals surface area contributed by atoms with Crippen LogP contribution in [0.5, 0.6) is 0 Å². The first-order valence-corrected chi connectivity index (χ1v) is 6.22. The molecule has 0 fully saturated rings. The standard InChI is InChI=1S/C15H14ClNO2/c1-10-4-2-5-11(8-10)9-19-15(18)12-6-3-7-13(16)14(12)17/h2-8H,9,17H2,1H3. The third kappa shape index (κ3) is 3.26. The van der Waals surface area contributed by atoms with Crippen molar-refractivity contribution in [3.63, 3.8) is 0 Å². The van der Waals surface area contributed by atoms with Gasteiger partial charge < -0.3 is 10.5 Å². The summed E-state index contributed by atoms with van der Waals surface area (Å²) in [5.41, 5.74) is 8.34. The molecule has 3 nitrogen and oxygen atoms in total. The number of ether oxygens (including phenoxy) is 1. The number of benzene rings is 2. The Morgan fingerprint density at radius 2 is 2.00 bits per heavy atom. The van der Waals surface area contributed by atoms with Crippen LogP contribution in [0.4, 0.5) is 5.69 Å². The quantitative estimate of drug-likeness (QED) is 0.688. The van der Waals surface area contributed by atoms with Gasteiger partial charge in [-0.2, -0.15) is 0 Å². The van der Waals surface area contributed by atoms with E-state index in [1.165, 1.54) is 0 Å². The Labute approximate surface area is 117 Å². The van der Waals surface area contributed by atoms with Gasteiger partial charge in [0.25, 0.3) is 0 Å². The van der Waals surface area contributed by atoms with Crippen molar-refractivity contribution in [1.82, 2.24) is 0 Å². The maximum absolute atomic E-state index is 11.9. The zero-order chi connectivity index (χ0) is 13.8. The fraction of sp³-hybridized carbons (Fsp3) is 0.133. The van der Waals surface area contributed by atoms with Crippen LogP contribution in [0.2, 0.25) is 5.02 Å². The largest absolute Gasteiger partial charge is 0.457 e. The molecular weight excluding hydrogens is 262 g/mol. The molecule has 98 valence electrons. The molecule has 0 spiro atoms. The van der Waals surface area contributed by atoms with Crippen molar-refractivity contribution in [2.45, 2.75) is 13.5 Å². The second-order valence-electron chi connectivity index (χ2n) is 4.27. The number of aryl methyl sites for hydroxylation is 1. The number of carbonyl (C=O) groups excluding carboxylic acids is 1. The van der Waals surface area contributed by atoms with Gasteiger partial charge in [0.2, 0.25) is 0 Å². The summed E-state index contributed by atoms with van der Waals surface area (Å²) in [5, 5.41) is 0.352. The van der Waals surface area contributed by atoms with E-state index >= 15 is 0 Å². The number of nitrogen functional groups attached to an aromatic ring is 1. The summed E-state index contributed by atoms with van der Waals surface area (Å²) in [6.45, 7) is 2.20. The molecule has 0 aromatic heterocycles. The van der Waals surface area contributed by atoms with Crippen LogP contribution in [-0.2, 0) is 11.3 Å². The zero-order valence-electron chi connectivity index (χ0n) is 10.5. The molecule has 0 saturated carbocycles. The molecule has 0 aliphatic rings. The van der Waals surface area contributed by atoms with Crippen LogP contribution in [0, 0.1) is 6.92 Å². The first-order chi connectivity index (χ1) is 9.08. The van der Waals surface area contributed by atoms with E-state index in [2.05, 4.69) is 0 Å². The van der Waals surface area contributed by atoms with Crippen molar-refractivity contribution in [2.24, 2.45) is 0 Å². The van der Waals surface area contributed by atoms with Crippen molar-refractivity contribution < 1.29 is 9.53 Å². The van der Waals surface area contributed by atoms with E-state index in [0.29, 0.717) is 10.6 Å². The molecule has 0 aliphatic heterocycles. The van der Waals surface area contributed by atoms with Crippen molar-refractivity contribution in [3.05, 3.63) is 64.2 Å². The Morgan fingerprint density at radius 3 is 2.74 bits per heavy atom. The first-order valence-electron chi connectivity index (χ1n) is 5.84. The minimum absolute atomic E-state index is 0.215. The Bertz CT molecular complexity index is 611. The molecule has 0 atom stereocenters. The van der Waals surface area contributed by atoms with Gasteiger partial charge in [-0.05, 0) is 24.6 Å². The predicted octanol–water partition coefficient (Wildman–Crippen LogP) is 3.59. The van der Waals surface area contributed by atoms with Gasteiger partial charge in [-0.1, -0.05) is 47.5 Å². The Morgan fingerprint density at radius 1 is 1.26 bits per heavy atom. The third-order valence-electron chi connectivity index (χ3n) is 2.73. The lowest BCUT2D eigenvalue weighted by Crippen LogP contribution is -2.08. The smallest absolute Gasteiger partial charge is 0.340 e. The normalized spacial score (nSPS) is 10.2. The van der Waals surface area contributed by atoms with Crippen molar-refractivity contribution in [2.75, 3.05) is 5.73 Å². The lowest BCUT2D eigenvalue weighted by molar-refractivity contribution is 0.0474. The van der Waals surface area contributed by atoms with E-state index < -0.39 is 5.97 Å². The molecule has 4 heteroatoms. The SMILES string of the molecule is Cc1cccc(COC(=O)c2cccc(Cl)c2N)c1. The minimum Gasteiger partial charge on any atom is -0.457 e. The Kier molecular flexibility index (Phi) is 4.07. The molecular formula is C15H14ClNO2. The number of para-hydroxylation sites is 1. The number of carbonyl (C=O) groups is 1. The highest BCUT2D eigenvalue weighted by Crippen LogP contribution is 2.23. The fourth-order valence-corrected chi connectivity index (χ4v) is 1.92. The topological polar surface area (TPSA) is 52.3 Å². The number of hydrogen-bond donors (Lipinski definition) is 1. The molecule has 2 N–H and O–H groups in total. The summed E-state index contributed by atoms with van der Waals surface area (Å²) in [5.74, 6) is -0.471. The summed E-state index contributed by atoms with van der Waals surface area (Å²) in [4.78, 5) is 11.9. The molecule has 2 aromatic rings. The molecule has 0 saturated heterocycles. The molecule has 0 unspecified atom stereocenters. The second kappa shape index (κ2) is 5.76. The van der Waals surface area contributed by atoms with Gasteiger partial charge in [0.1, 0.15) is 6.61 Å². The first kappa shape index (κ1) is 13.4. The van der Waals surface area contributed by atoms with Crippen LogP contribution in [-0.4, -0.2) is 5.97 Å². The van der Waals surface area contributed by atoms with Crippen molar-refractivity contribution >= 4 is 23.3 Å². The molecule has 2 aromatic carbocycles. The van der Waals surface area contributed by atoms with Crippen LogP contribution in [0.3, 0.4) is 0 Å². The summed E-state index contributed by atoms with van der Waals surface area (Å²) in [6.07, 6.45) is 0. The molecule has 0 heterocycles. The van der Waals surface area contributed by atoms with E-state index in [1.807, 2.05) is 31.2 Å². The number of rotatable bonds is 3. The van der Waals surface area contributed by atoms with E-state index in [-0.39, 0.29) is 12.3 Å². The monoisotopic (exact) mass is 275 g/mol. The highest BCUT2D eigenvalue weighted by Gasteiger charge is 2.13. The van der Waals surface area contributed by atoms with Gasteiger partial charge in [-0.3, -0.25) is 0 Å². The summed E-state index contributed by atoms with van der Waals surface area (Å²) < 4.78 is 5.23. The summed E-state index contributed by atoms with van der Waals surface area (Å²) in [7, 11) is 0. The lowest BCUT2D eigenvalue weighted by Gasteiger charge is -2.08. The Balaban J connectivity index is 2.08. The number of hydrogen-bond acceptors (Lipinski definition) is 3. The van der Waals surface area contributed by atoms with Gasteiger partial charge in [-0.25, -0.2) is 4.79 Å². The predicted molar refractivity (Wildman–Crippen MR) is 76.2 cm³/mol. The zero-order valence-corrected chi connectivity index (χ0v) is 11.3. The summed E-state index contributed by atoms with van der Waals surface area (Å²) >= 11 is 5.86. The number of halogens is 1. The maximum Gasteiger partial charge on any atom is 0.340 e. The molecule has 0 aliphatic carbocycles. The van der Waals surface area contributed by atoms with Gasteiger partial charge in [0.05, 0.1) is 16.3 Å². The van der Waals surface area contributed by atoms with Crippen LogP contribution in [0.1, 0.15) is 21.5 Å². The second-order valence-corrected chi connectivity index (χ2v) is 4.67. The average molecular weight is 276 g/mol. The maximum atomic E-state index is 11.9. The third-order valence-corrected chi connectivity index (χ3v) is 3.05. The van der Waals surface area contributed by atoms with Crippen LogP contribution < -0.4 is 5.73 Å². The van der Waals surface area contributed by atoms with Gasteiger partial charge >= 0.3 is 5.97 Å². The number of anilines is 1. The van der Waals surface area contributed by atoms with Crippen LogP contribution in [0.25, 0.3) is 0 Å². The highest BCUT2D eigenvalue weighted by molar-refractivity contribution is 6.33. The van der Waals surface area contributed by atoms with Crippen LogP contribution >= 0.6 is 11.6 Å².